The van der Waals surface area contributed by atoms with Crippen LogP contribution in [0.2, 0.25) is 0 Å². The summed E-state index contributed by atoms with van der Waals surface area (Å²) >= 11 is 1.30. The van der Waals surface area contributed by atoms with Crippen LogP contribution in [0.1, 0.15) is 27.3 Å². The fourth-order valence-corrected chi connectivity index (χ4v) is 4.98. The van der Waals surface area contributed by atoms with Gasteiger partial charge in [0, 0.05) is 16.9 Å². The number of aromatic nitrogens is 3. The summed E-state index contributed by atoms with van der Waals surface area (Å²) in [4.78, 5) is 25.8. The zero-order valence-electron chi connectivity index (χ0n) is 21.1. The summed E-state index contributed by atoms with van der Waals surface area (Å²) in [7, 11) is 0. The number of amides is 2. The summed E-state index contributed by atoms with van der Waals surface area (Å²) in [6, 6.07) is 29.1. The molecule has 0 aliphatic rings. The van der Waals surface area contributed by atoms with E-state index in [1.54, 1.807) is 0 Å². The molecule has 1 aromatic heterocycles. The topological polar surface area (TPSA) is 88.9 Å². The highest BCUT2D eigenvalue weighted by molar-refractivity contribution is 7.99. The van der Waals surface area contributed by atoms with E-state index in [1.165, 1.54) is 11.8 Å². The molecule has 0 radical (unpaired) electrons. The van der Waals surface area contributed by atoms with E-state index in [9.17, 15) is 9.59 Å². The molecule has 5 aromatic rings. The molecule has 0 saturated carbocycles. The number of fused-ring (bicyclic) bond motifs is 1. The monoisotopic (exact) mass is 521 g/mol. The molecule has 0 atom stereocenters. The van der Waals surface area contributed by atoms with Crippen molar-refractivity contribution in [2.45, 2.75) is 25.5 Å². The minimum Gasteiger partial charge on any atom is -0.345 e. The number of benzene rings is 4. The van der Waals surface area contributed by atoms with Crippen molar-refractivity contribution in [1.82, 2.24) is 20.1 Å². The summed E-state index contributed by atoms with van der Waals surface area (Å²) in [5.74, 6) is 0.423. The number of anilines is 1. The van der Waals surface area contributed by atoms with Crippen LogP contribution < -0.4 is 10.6 Å². The predicted molar refractivity (Wildman–Crippen MR) is 152 cm³/mol. The molecule has 4 aromatic carbocycles. The lowest BCUT2D eigenvalue weighted by molar-refractivity contribution is -0.113. The van der Waals surface area contributed by atoms with Gasteiger partial charge in [0.1, 0.15) is 0 Å². The Labute approximate surface area is 225 Å². The highest BCUT2D eigenvalue weighted by Crippen LogP contribution is 2.24. The van der Waals surface area contributed by atoms with Crippen molar-refractivity contribution >= 4 is 40.0 Å². The van der Waals surface area contributed by atoms with E-state index in [2.05, 4.69) is 20.8 Å². The Morgan fingerprint density at radius 3 is 2.47 bits per heavy atom. The maximum atomic E-state index is 13.1. The number of carbonyl (C=O) groups excluding carboxylic acids is 2. The molecule has 0 spiro atoms. The van der Waals surface area contributed by atoms with Crippen LogP contribution in [-0.4, -0.2) is 32.3 Å². The van der Waals surface area contributed by atoms with Crippen LogP contribution in [0.3, 0.4) is 0 Å². The minimum atomic E-state index is -0.188. The Kier molecular flexibility index (Phi) is 7.51. The van der Waals surface area contributed by atoms with Gasteiger partial charge in [-0.2, -0.15) is 0 Å². The molecule has 38 heavy (non-hydrogen) atoms. The van der Waals surface area contributed by atoms with E-state index >= 15 is 0 Å². The fourth-order valence-electron chi connectivity index (χ4n) is 4.21. The van der Waals surface area contributed by atoms with Gasteiger partial charge in [0.2, 0.25) is 5.91 Å². The highest BCUT2D eigenvalue weighted by Gasteiger charge is 2.18. The first-order valence-electron chi connectivity index (χ1n) is 12.2. The summed E-state index contributed by atoms with van der Waals surface area (Å²) in [6.45, 7) is 4.14. The van der Waals surface area contributed by atoms with Crippen LogP contribution in [-0.2, 0) is 11.3 Å². The van der Waals surface area contributed by atoms with Crippen LogP contribution in [0.15, 0.2) is 96.2 Å². The first kappa shape index (κ1) is 25.2. The molecule has 0 saturated heterocycles. The lowest BCUT2D eigenvalue weighted by Crippen LogP contribution is -2.25. The molecule has 0 aliphatic heterocycles. The third-order valence-electron chi connectivity index (χ3n) is 6.16. The Balaban J connectivity index is 1.33. The third kappa shape index (κ3) is 5.60. The number of hydrogen-bond donors (Lipinski definition) is 2. The van der Waals surface area contributed by atoms with Crippen LogP contribution >= 0.6 is 11.8 Å². The number of nitrogens with one attached hydrogen (secondary N) is 2. The number of carbonyl (C=O) groups is 2. The maximum Gasteiger partial charge on any atom is 0.252 e. The van der Waals surface area contributed by atoms with E-state index in [-0.39, 0.29) is 24.1 Å². The van der Waals surface area contributed by atoms with Gasteiger partial charge in [-0.05, 0) is 60.0 Å². The number of nitrogens with zero attached hydrogens (tertiary/aromatic N) is 3. The van der Waals surface area contributed by atoms with Gasteiger partial charge in [-0.3, -0.25) is 14.2 Å². The summed E-state index contributed by atoms with van der Waals surface area (Å²) in [5.41, 5.74) is 4.34. The standard InChI is InChI=1S/C30H27N5O2S/c1-20-15-16-21(2)26(17-20)32-28(36)19-38-30-34-33-27(35(30)23-11-4-3-5-12-23)18-31-29(37)25-14-8-10-22-9-6-7-13-24(22)25/h3-17H,18-19H2,1-2H3,(H,31,37)(H,32,36). The van der Waals surface area contributed by atoms with Crippen LogP contribution in [0.4, 0.5) is 5.69 Å². The summed E-state index contributed by atoms with van der Waals surface area (Å²) in [5, 5.41) is 17.1. The van der Waals surface area contributed by atoms with E-state index in [4.69, 9.17) is 0 Å². The average Bonchev–Trinajstić information content (AvgIpc) is 3.35. The Morgan fingerprint density at radius 1 is 0.868 bits per heavy atom. The van der Waals surface area contributed by atoms with Crippen LogP contribution in [0.5, 0.6) is 0 Å². The zero-order chi connectivity index (χ0) is 26.5. The SMILES string of the molecule is Cc1ccc(C)c(NC(=O)CSc2nnc(CNC(=O)c3cccc4ccccc34)n2-c2ccccc2)c1. The number of thioether (sulfide) groups is 1. The van der Waals surface area contributed by atoms with Crippen LogP contribution in [0.25, 0.3) is 16.5 Å². The molecular formula is C30H27N5O2S. The molecule has 190 valence electrons. The normalized spacial score (nSPS) is 10.9. The number of hydrogen-bond acceptors (Lipinski definition) is 5. The molecule has 0 aliphatic carbocycles. The maximum absolute atomic E-state index is 13.1. The van der Waals surface area contributed by atoms with Crippen molar-refractivity contribution < 1.29 is 9.59 Å². The van der Waals surface area contributed by atoms with Crippen molar-refractivity contribution in [3.8, 4) is 5.69 Å². The lowest BCUT2D eigenvalue weighted by atomic mass is 10.0. The second kappa shape index (κ2) is 11.3. The molecule has 5 rings (SSSR count). The van der Waals surface area contributed by atoms with Crippen LogP contribution in [0, 0.1) is 13.8 Å². The summed E-state index contributed by atoms with van der Waals surface area (Å²) in [6.07, 6.45) is 0. The van der Waals surface area contributed by atoms with Gasteiger partial charge in [0.05, 0.1) is 12.3 Å². The molecule has 0 unspecified atom stereocenters. The lowest BCUT2D eigenvalue weighted by Gasteiger charge is -2.12. The highest BCUT2D eigenvalue weighted by atomic mass is 32.2. The fraction of sp³-hybridized carbons (Fsp3) is 0.133. The second-order valence-corrected chi connectivity index (χ2v) is 9.88. The molecule has 2 N–H and O–H groups in total. The molecule has 0 fully saturated rings. The van der Waals surface area contributed by atoms with E-state index in [0.29, 0.717) is 16.5 Å². The van der Waals surface area contributed by atoms with E-state index in [1.807, 2.05) is 109 Å². The first-order valence-corrected chi connectivity index (χ1v) is 13.2. The Hall–Kier alpha value is -4.43. The smallest absolute Gasteiger partial charge is 0.252 e. The van der Waals surface area contributed by atoms with Crippen molar-refractivity contribution in [3.63, 3.8) is 0 Å². The van der Waals surface area contributed by atoms with Gasteiger partial charge >= 0.3 is 0 Å². The average molecular weight is 522 g/mol. The van der Waals surface area contributed by atoms with Gasteiger partial charge < -0.3 is 10.6 Å². The Bertz CT molecular complexity index is 1610. The van der Waals surface area contributed by atoms with E-state index in [0.717, 1.165) is 33.3 Å². The predicted octanol–water partition coefficient (Wildman–Crippen LogP) is 5.70. The third-order valence-corrected chi connectivity index (χ3v) is 7.08. The number of rotatable bonds is 8. The van der Waals surface area contributed by atoms with Crippen molar-refractivity contribution in [1.29, 1.82) is 0 Å². The minimum absolute atomic E-state index is 0.128. The van der Waals surface area contributed by atoms with Gasteiger partial charge in [-0.1, -0.05) is 78.5 Å². The van der Waals surface area contributed by atoms with Gasteiger partial charge in [-0.25, -0.2) is 0 Å². The Morgan fingerprint density at radius 2 is 1.63 bits per heavy atom. The molecule has 0 bridgehead atoms. The quantitative estimate of drug-likeness (QED) is 0.256. The molecule has 8 heteroatoms. The number of para-hydroxylation sites is 1. The van der Waals surface area contributed by atoms with Crippen molar-refractivity contribution in [3.05, 3.63) is 114 Å². The van der Waals surface area contributed by atoms with Crippen molar-refractivity contribution in [2.75, 3.05) is 11.1 Å². The van der Waals surface area contributed by atoms with Gasteiger partial charge in [-0.15, -0.1) is 10.2 Å². The largest absolute Gasteiger partial charge is 0.345 e. The first-order chi connectivity index (χ1) is 18.5. The molecule has 2 amide bonds. The van der Waals surface area contributed by atoms with Gasteiger partial charge in [0.25, 0.3) is 5.91 Å². The van der Waals surface area contributed by atoms with Crippen molar-refractivity contribution in [2.24, 2.45) is 0 Å². The summed E-state index contributed by atoms with van der Waals surface area (Å²) < 4.78 is 1.87. The number of aryl methyl sites for hydroxylation is 2. The van der Waals surface area contributed by atoms with Gasteiger partial charge in [0.15, 0.2) is 11.0 Å². The van der Waals surface area contributed by atoms with E-state index < -0.39 is 0 Å². The molecule has 1 heterocycles. The molecule has 7 nitrogen and oxygen atoms in total. The second-order valence-electron chi connectivity index (χ2n) is 8.93. The zero-order valence-corrected chi connectivity index (χ0v) is 22.0. The molecular weight excluding hydrogens is 494 g/mol.